The maximum atomic E-state index is 9.39. The van der Waals surface area contributed by atoms with Gasteiger partial charge in [-0.15, -0.1) is 0 Å². The fraction of sp³-hybridized carbons (Fsp3) is 0.429. The van der Waals surface area contributed by atoms with E-state index < -0.39 is 0 Å². The van der Waals surface area contributed by atoms with Crippen LogP contribution in [0.1, 0.15) is 25.0 Å². The number of hydrogen-bond donors (Lipinski definition) is 2. The van der Waals surface area contributed by atoms with Crippen LogP contribution in [0, 0.1) is 0 Å². The van der Waals surface area contributed by atoms with Crippen LogP contribution in [0.5, 0.6) is 0 Å². The van der Waals surface area contributed by atoms with E-state index in [2.05, 4.69) is 15.5 Å². The van der Waals surface area contributed by atoms with E-state index in [0.29, 0.717) is 6.54 Å². The summed E-state index contributed by atoms with van der Waals surface area (Å²) in [5.74, 6) is 0. The van der Waals surface area contributed by atoms with Crippen molar-refractivity contribution in [3.05, 3.63) is 42.2 Å². The normalized spacial score (nSPS) is 17.1. The van der Waals surface area contributed by atoms with Gasteiger partial charge in [0.15, 0.2) is 0 Å². The smallest absolute Gasteiger partial charge is 0.0969 e. The van der Waals surface area contributed by atoms with Gasteiger partial charge in [0.25, 0.3) is 0 Å². The van der Waals surface area contributed by atoms with Crippen molar-refractivity contribution in [1.29, 1.82) is 0 Å². The molecule has 1 aliphatic rings. The molecule has 5 nitrogen and oxygen atoms in total. The minimum absolute atomic E-state index is 0.0868. The molecule has 0 unspecified atom stereocenters. The standard InChI is InChI=1S/C14H18N4O/c19-11-14(7-4-8-14)15-9-12-10-16-18(17-12)13-5-2-1-3-6-13/h1-3,5-6,10,15,19H,4,7-9,11H2. The fourth-order valence-corrected chi connectivity index (χ4v) is 2.33. The predicted octanol–water partition coefficient (Wildman–Crippen LogP) is 1.27. The van der Waals surface area contributed by atoms with E-state index in [9.17, 15) is 5.11 Å². The Bertz CT molecular complexity index is 528. The number of hydrogen-bond acceptors (Lipinski definition) is 4. The summed E-state index contributed by atoms with van der Waals surface area (Å²) >= 11 is 0. The summed E-state index contributed by atoms with van der Waals surface area (Å²) in [6.45, 7) is 0.840. The van der Waals surface area contributed by atoms with Gasteiger partial charge in [0.1, 0.15) is 0 Å². The molecule has 0 atom stereocenters. The molecule has 1 saturated carbocycles. The molecule has 5 heteroatoms. The highest BCUT2D eigenvalue weighted by atomic mass is 16.3. The van der Waals surface area contributed by atoms with Crippen molar-refractivity contribution in [2.45, 2.75) is 31.3 Å². The van der Waals surface area contributed by atoms with E-state index in [0.717, 1.165) is 24.2 Å². The molecule has 100 valence electrons. The topological polar surface area (TPSA) is 63.0 Å². The molecule has 1 aliphatic carbocycles. The molecule has 0 saturated heterocycles. The third kappa shape index (κ3) is 2.52. The summed E-state index contributed by atoms with van der Waals surface area (Å²) in [6, 6.07) is 9.84. The van der Waals surface area contributed by atoms with Gasteiger partial charge in [0.2, 0.25) is 0 Å². The SMILES string of the molecule is OCC1(NCc2cnn(-c3ccccc3)n2)CCC1. The zero-order valence-electron chi connectivity index (χ0n) is 10.8. The molecule has 0 amide bonds. The zero-order chi connectivity index (χ0) is 13.1. The highest BCUT2D eigenvalue weighted by molar-refractivity contribution is 5.28. The van der Waals surface area contributed by atoms with Gasteiger partial charge in [0, 0.05) is 12.1 Å². The van der Waals surface area contributed by atoms with Crippen molar-refractivity contribution in [2.75, 3.05) is 6.61 Å². The van der Waals surface area contributed by atoms with Gasteiger partial charge in [-0.1, -0.05) is 18.2 Å². The Labute approximate surface area is 112 Å². The van der Waals surface area contributed by atoms with E-state index in [-0.39, 0.29) is 12.1 Å². The molecule has 3 rings (SSSR count). The molecule has 1 fully saturated rings. The number of nitrogens with one attached hydrogen (secondary N) is 1. The molecular formula is C14H18N4O. The first-order valence-electron chi connectivity index (χ1n) is 6.64. The van der Waals surface area contributed by atoms with Gasteiger partial charge >= 0.3 is 0 Å². The molecule has 2 aromatic rings. The molecular weight excluding hydrogens is 240 g/mol. The Hall–Kier alpha value is -1.72. The van der Waals surface area contributed by atoms with Crippen LogP contribution >= 0.6 is 0 Å². The van der Waals surface area contributed by atoms with Crippen LogP contribution in [0.3, 0.4) is 0 Å². The molecule has 2 N–H and O–H groups in total. The number of aliphatic hydroxyl groups excluding tert-OH is 1. The van der Waals surface area contributed by atoms with Crippen molar-refractivity contribution < 1.29 is 5.11 Å². The molecule has 1 aromatic heterocycles. The predicted molar refractivity (Wildman–Crippen MR) is 71.9 cm³/mol. The van der Waals surface area contributed by atoms with Crippen LogP contribution in [-0.4, -0.2) is 32.2 Å². The Kier molecular flexibility index (Phi) is 3.31. The quantitative estimate of drug-likeness (QED) is 0.848. The Balaban J connectivity index is 1.65. The lowest BCUT2D eigenvalue weighted by Crippen LogP contribution is -2.53. The number of nitrogens with zero attached hydrogens (tertiary/aromatic N) is 3. The molecule has 0 aliphatic heterocycles. The maximum Gasteiger partial charge on any atom is 0.0969 e. The molecule has 1 heterocycles. The lowest BCUT2D eigenvalue weighted by Gasteiger charge is -2.41. The van der Waals surface area contributed by atoms with Gasteiger partial charge in [-0.3, -0.25) is 0 Å². The lowest BCUT2D eigenvalue weighted by atomic mass is 9.77. The average molecular weight is 258 g/mol. The van der Waals surface area contributed by atoms with Gasteiger partial charge in [-0.05, 0) is 31.4 Å². The van der Waals surface area contributed by atoms with Crippen molar-refractivity contribution in [3.63, 3.8) is 0 Å². The second-order valence-corrected chi connectivity index (χ2v) is 5.11. The minimum Gasteiger partial charge on any atom is -0.394 e. The van der Waals surface area contributed by atoms with Crippen molar-refractivity contribution in [3.8, 4) is 5.69 Å². The van der Waals surface area contributed by atoms with Gasteiger partial charge in [0.05, 0.1) is 24.2 Å². The molecule has 19 heavy (non-hydrogen) atoms. The number of benzene rings is 1. The third-order valence-electron chi connectivity index (χ3n) is 3.78. The Morgan fingerprint density at radius 3 is 2.68 bits per heavy atom. The van der Waals surface area contributed by atoms with E-state index >= 15 is 0 Å². The first kappa shape index (κ1) is 12.3. The summed E-state index contributed by atoms with van der Waals surface area (Å²) in [4.78, 5) is 1.63. The van der Waals surface area contributed by atoms with Crippen LogP contribution in [-0.2, 0) is 6.54 Å². The summed E-state index contributed by atoms with van der Waals surface area (Å²) in [5.41, 5.74) is 1.76. The third-order valence-corrected chi connectivity index (χ3v) is 3.78. The van der Waals surface area contributed by atoms with E-state index in [1.54, 1.807) is 11.0 Å². The largest absolute Gasteiger partial charge is 0.394 e. The molecule has 0 spiro atoms. The maximum absolute atomic E-state index is 9.39. The van der Waals surface area contributed by atoms with Crippen LogP contribution < -0.4 is 5.32 Å². The summed E-state index contributed by atoms with van der Waals surface area (Å²) in [7, 11) is 0. The van der Waals surface area contributed by atoms with Gasteiger partial charge in [-0.25, -0.2) is 0 Å². The number of rotatable bonds is 5. The van der Waals surface area contributed by atoms with Gasteiger partial charge in [-0.2, -0.15) is 15.0 Å². The van der Waals surface area contributed by atoms with Crippen LogP contribution in [0.2, 0.25) is 0 Å². The zero-order valence-corrected chi connectivity index (χ0v) is 10.8. The Morgan fingerprint density at radius 1 is 1.26 bits per heavy atom. The first-order valence-corrected chi connectivity index (χ1v) is 6.64. The van der Waals surface area contributed by atoms with Crippen molar-refractivity contribution >= 4 is 0 Å². The van der Waals surface area contributed by atoms with E-state index in [4.69, 9.17) is 0 Å². The minimum atomic E-state index is -0.0868. The van der Waals surface area contributed by atoms with E-state index in [1.807, 2.05) is 30.3 Å². The molecule has 1 aromatic carbocycles. The number of aliphatic hydroxyl groups is 1. The first-order chi connectivity index (χ1) is 9.31. The van der Waals surface area contributed by atoms with Crippen LogP contribution in [0.25, 0.3) is 5.69 Å². The highest BCUT2D eigenvalue weighted by Crippen LogP contribution is 2.31. The van der Waals surface area contributed by atoms with Gasteiger partial charge < -0.3 is 10.4 Å². The van der Waals surface area contributed by atoms with Crippen LogP contribution in [0.4, 0.5) is 0 Å². The molecule has 0 bridgehead atoms. The second-order valence-electron chi connectivity index (χ2n) is 5.11. The average Bonchev–Trinajstić information content (AvgIpc) is 2.88. The van der Waals surface area contributed by atoms with Crippen LogP contribution in [0.15, 0.2) is 36.5 Å². The van der Waals surface area contributed by atoms with E-state index in [1.165, 1.54) is 6.42 Å². The number of aromatic nitrogens is 3. The highest BCUT2D eigenvalue weighted by Gasteiger charge is 2.35. The Morgan fingerprint density at radius 2 is 2.05 bits per heavy atom. The van der Waals surface area contributed by atoms with Crippen molar-refractivity contribution in [1.82, 2.24) is 20.3 Å². The number of para-hydroxylation sites is 1. The molecule has 0 radical (unpaired) electrons. The lowest BCUT2D eigenvalue weighted by molar-refractivity contribution is 0.0868. The fourth-order valence-electron chi connectivity index (χ4n) is 2.33. The second kappa shape index (κ2) is 5.11. The monoisotopic (exact) mass is 258 g/mol. The summed E-state index contributed by atoms with van der Waals surface area (Å²) in [6.07, 6.45) is 5.03. The summed E-state index contributed by atoms with van der Waals surface area (Å²) in [5, 5.41) is 21.5. The summed E-state index contributed by atoms with van der Waals surface area (Å²) < 4.78 is 0. The van der Waals surface area contributed by atoms with Crippen molar-refractivity contribution in [2.24, 2.45) is 0 Å².